The number of amides is 1. The van der Waals surface area contributed by atoms with E-state index in [0.717, 1.165) is 6.08 Å². The minimum atomic E-state index is -1.04. The molecule has 0 unspecified atom stereocenters. The first kappa shape index (κ1) is 15.6. The van der Waals surface area contributed by atoms with Crippen LogP contribution < -0.4 is 15.4 Å². The van der Waals surface area contributed by atoms with Gasteiger partial charge in [0.25, 0.3) is 0 Å². The summed E-state index contributed by atoms with van der Waals surface area (Å²) in [6, 6.07) is 5.03. The lowest BCUT2D eigenvalue weighted by Gasteiger charge is -2.12. The largest absolute Gasteiger partial charge is 0.495 e. The van der Waals surface area contributed by atoms with E-state index < -0.39 is 5.97 Å². The molecule has 7 heteroatoms. The van der Waals surface area contributed by atoms with Crippen molar-refractivity contribution in [1.29, 1.82) is 0 Å². The first-order valence-corrected chi connectivity index (χ1v) is 6.01. The van der Waals surface area contributed by atoms with Crippen molar-refractivity contribution in [2.24, 2.45) is 0 Å². The zero-order valence-electron chi connectivity index (χ0n) is 11.0. The van der Waals surface area contributed by atoms with Crippen LogP contribution in [0.4, 0.5) is 5.69 Å². The second-order valence-corrected chi connectivity index (χ2v) is 4.17. The Kier molecular flexibility index (Phi) is 5.67. The van der Waals surface area contributed by atoms with Gasteiger partial charge < -0.3 is 20.5 Å². The fraction of sp³-hybridized carbons (Fsp3) is 0.154. The Balaban J connectivity index is 2.96. The van der Waals surface area contributed by atoms with Crippen molar-refractivity contribution in [1.82, 2.24) is 5.32 Å². The number of carbonyl (C=O) groups is 2. The number of ether oxygens (including phenoxy) is 1. The molecule has 0 aromatic heterocycles. The summed E-state index contributed by atoms with van der Waals surface area (Å²) in [5.74, 6) is -0.808. The number of rotatable bonds is 4. The third-order valence-corrected chi connectivity index (χ3v) is 2.38. The Bertz CT molecular complexity index is 569. The van der Waals surface area contributed by atoms with Crippen LogP contribution in [0.15, 0.2) is 24.3 Å². The highest BCUT2D eigenvalue weighted by Gasteiger charge is 2.06. The van der Waals surface area contributed by atoms with Crippen LogP contribution in [-0.2, 0) is 9.59 Å². The molecular formula is C13H14N2O4S. The highest BCUT2D eigenvalue weighted by molar-refractivity contribution is 7.80. The van der Waals surface area contributed by atoms with Gasteiger partial charge in [-0.05, 0) is 36.0 Å². The number of carboxylic acid groups (broad SMARTS) is 1. The van der Waals surface area contributed by atoms with E-state index >= 15 is 0 Å². The molecule has 0 radical (unpaired) electrons. The monoisotopic (exact) mass is 294 g/mol. The Morgan fingerprint density at radius 1 is 1.40 bits per heavy atom. The third-order valence-electron chi connectivity index (χ3n) is 2.18. The lowest BCUT2D eigenvalue weighted by atomic mass is 10.1. The SMILES string of the molecule is COc1ccc(/C=C/C(=O)O)cc1NC(=S)NC(C)=O. The van der Waals surface area contributed by atoms with Gasteiger partial charge in [0.05, 0.1) is 12.8 Å². The van der Waals surface area contributed by atoms with Crippen LogP contribution in [0, 0.1) is 0 Å². The highest BCUT2D eigenvalue weighted by atomic mass is 32.1. The van der Waals surface area contributed by atoms with Gasteiger partial charge in [-0.25, -0.2) is 4.79 Å². The zero-order chi connectivity index (χ0) is 15.1. The predicted octanol–water partition coefficient (Wildman–Crippen LogP) is 1.63. The van der Waals surface area contributed by atoms with E-state index in [2.05, 4.69) is 10.6 Å². The Hall–Kier alpha value is -2.41. The summed E-state index contributed by atoms with van der Waals surface area (Å²) in [5, 5.41) is 14.0. The maximum atomic E-state index is 10.9. The van der Waals surface area contributed by atoms with Crippen molar-refractivity contribution < 1.29 is 19.4 Å². The molecule has 0 aliphatic heterocycles. The standard InChI is InChI=1S/C13H14N2O4S/c1-8(16)14-13(20)15-10-7-9(4-6-12(17)18)3-5-11(10)19-2/h3-7H,1-2H3,(H,17,18)(H2,14,15,16,20)/b6-4+. The lowest BCUT2D eigenvalue weighted by Crippen LogP contribution is -2.32. The van der Waals surface area contributed by atoms with E-state index in [0.29, 0.717) is 17.0 Å². The maximum Gasteiger partial charge on any atom is 0.328 e. The first-order chi connectivity index (χ1) is 9.42. The molecule has 1 aromatic rings. The third kappa shape index (κ3) is 5.07. The number of nitrogens with one attached hydrogen (secondary N) is 2. The summed E-state index contributed by atoms with van der Waals surface area (Å²) < 4.78 is 5.16. The summed E-state index contributed by atoms with van der Waals surface area (Å²) in [6.07, 6.45) is 2.46. The van der Waals surface area contributed by atoms with E-state index in [4.69, 9.17) is 22.1 Å². The zero-order valence-corrected chi connectivity index (χ0v) is 11.8. The molecule has 6 nitrogen and oxygen atoms in total. The van der Waals surface area contributed by atoms with Crippen molar-refractivity contribution in [2.75, 3.05) is 12.4 Å². The average Bonchev–Trinajstić information content (AvgIpc) is 2.35. The normalized spacial score (nSPS) is 10.1. The number of aliphatic carboxylic acids is 1. The number of thiocarbonyl (C=S) groups is 1. The van der Waals surface area contributed by atoms with Crippen LogP contribution in [0.25, 0.3) is 6.08 Å². The quantitative estimate of drug-likeness (QED) is 0.578. The van der Waals surface area contributed by atoms with E-state index in [-0.39, 0.29) is 11.0 Å². The van der Waals surface area contributed by atoms with E-state index in [9.17, 15) is 9.59 Å². The molecule has 20 heavy (non-hydrogen) atoms. The minimum Gasteiger partial charge on any atom is -0.495 e. The van der Waals surface area contributed by atoms with Crippen molar-refractivity contribution in [3.8, 4) is 5.75 Å². The number of carboxylic acids is 1. The minimum absolute atomic E-state index is 0.134. The lowest BCUT2D eigenvalue weighted by molar-refractivity contribution is -0.131. The van der Waals surface area contributed by atoms with E-state index in [1.54, 1.807) is 18.2 Å². The number of anilines is 1. The number of hydrogen-bond donors (Lipinski definition) is 3. The van der Waals surface area contributed by atoms with Gasteiger partial charge in [0.1, 0.15) is 5.75 Å². The van der Waals surface area contributed by atoms with Crippen molar-refractivity contribution in [2.45, 2.75) is 6.92 Å². The molecule has 0 aliphatic carbocycles. The van der Waals surface area contributed by atoms with Gasteiger partial charge in [0, 0.05) is 13.0 Å². The van der Waals surface area contributed by atoms with Gasteiger partial charge in [-0.2, -0.15) is 0 Å². The fourth-order valence-corrected chi connectivity index (χ4v) is 1.66. The van der Waals surface area contributed by atoms with Crippen LogP contribution >= 0.6 is 12.2 Å². The van der Waals surface area contributed by atoms with Crippen LogP contribution in [0.1, 0.15) is 12.5 Å². The fourth-order valence-electron chi connectivity index (χ4n) is 1.41. The van der Waals surface area contributed by atoms with Gasteiger partial charge >= 0.3 is 5.97 Å². The summed E-state index contributed by atoms with van der Waals surface area (Å²) in [5.41, 5.74) is 1.18. The predicted molar refractivity (Wildman–Crippen MR) is 79.7 cm³/mol. The molecule has 1 aromatic carbocycles. The molecule has 1 rings (SSSR count). The first-order valence-electron chi connectivity index (χ1n) is 5.60. The molecule has 3 N–H and O–H groups in total. The van der Waals surface area contributed by atoms with Crippen LogP contribution in [-0.4, -0.2) is 29.2 Å². The average molecular weight is 294 g/mol. The van der Waals surface area contributed by atoms with Gasteiger partial charge in [-0.15, -0.1) is 0 Å². The second kappa shape index (κ2) is 7.25. The Morgan fingerprint density at radius 3 is 2.65 bits per heavy atom. The summed E-state index contributed by atoms with van der Waals surface area (Å²) in [7, 11) is 1.49. The molecule has 0 saturated heterocycles. The molecule has 0 saturated carbocycles. The maximum absolute atomic E-state index is 10.9. The molecule has 0 spiro atoms. The number of methoxy groups -OCH3 is 1. The molecule has 0 bridgehead atoms. The number of carbonyl (C=O) groups excluding carboxylic acids is 1. The highest BCUT2D eigenvalue weighted by Crippen LogP contribution is 2.26. The van der Waals surface area contributed by atoms with Gasteiger partial charge in [-0.1, -0.05) is 6.07 Å². The van der Waals surface area contributed by atoms with E-state index in [1.807, 2.05) is 0 Å². The molecule has 0 heterocycles. The van der Waals surface area contributed by atoms with Crippen molar-refractivity contribution >= 4 is 41.0 Å². The molecule has 1 amide bonds. The summed E-state index contributed by atoms with van der Waals surface area (Å²) in [4.78, 5) is 21.4. The van der Waals surface area contributed by atoms with Gasteiger partial charge in [-0.3, -0.25) is 4.79 Å². The van der Waals surface area contributed by atoms with E-state index in [1.165, 1.54) is 20.1 Å². The van der Waals surface area contributed by atoms with Crippen LogP contribution in [0.2, 0.25) is 0 Å². The Morgan fingerprint density at radius 2 is 2.10 bits per heavy atom. The molecule has 106 valence electrons. The topological polar surface area (TPSA) is 87.7 Å². The Labute approximate surface area is 121 Å². The molecule has 0 atom stereocenters. The van der Waals surface area contributed by atoms with Gasteiger partial charge in [0.2, 0.25) is 5.91 Å². The molecule has 0 aliphatic rings. The second-order valence-electron chi connectivity index (χ2n) is 3.77. The molecule has 0 fully saturated rings. The van der Waals surface area contributed by atoms with Crippen molar-refractivity contribution in [3.63, 3.8) is 0 Å². The number of hydrogen-bond acceptors (Lipinski definition) is 4. The smallest absolute Gasteiger partial charge is 0.328 e. The summed E-state index contributed by atoms with van der Waals surface area (Å²) >= 11 is 4.96. The summed E-state index contributed by atoms with van der Waals surface area (Å²) in [6.45, 7) is 1.34. The van der Waals surface area contributed by atoms with Crippen LogP contribution in [0.3, 0.4) is 0 Å². The van der Waals surface area contributed by atoms with Crippen molar-refractivity contribution in [3.05, 3.63) is 29.8 Å². The van der Waals surface area contributed by atoms with Gasteiger partial charge in [0.15, 0.2) is 5.11 Å². The number of benzene rings is 1. The molecular weight excluding hydrogens is 280 g/mol. The van der Waals surface area contributed by atoms with Crippen LogP contribution in [0.5, 0.6) is 5.75 Å².